The second-order valence-electron chi connectivity index (χ2n) is 9.29. The van der Waals surface area contributed by atoms with Crippen molar-refractivity contribution in [1.29, 1.82) is 0 Å². The molecule has 134 valence electrons. The molecule has 0 N–H and O–H groups in total. The lowest BCUT2D eigenvalue weighted by Crippen LogP contribution is -2.60. The van der Waals surface area contributed by atoms with Gasteiger partial charge >= 0.3 is 0 Å². The fraction of sp³-hybridized carbons (Fsp3) is 0.682. The van der Waals surface area contributed by atoms with Crippen molar-refractivity contribution in [3.05, 3.63) is 35.4 Å². The SMILES string of the molecule is Cc1ccc(C23C[C@H]4C[C@@H](CC(C(=O)N5CCOCC5)(C4)C2)C3)cc1. The zero-order valence-electron chi connectivity index (χ0n) is 15.3. The van der Waals surface area contributed by atoms with Crippen molar-refractivity contribution < 1.29 is 9.53 Å². The van der Waals surface area contributed by atoms with Crippen LogP contribution in [0.3, 0.4) is 0 Å². The molecule has 2 atom stereocenters. The molecule has 4 bridgehead atoms. The van der Waals surface area contributed by atoms with Crippen LogP contribution >= 0.6 is 0 Å². The third-order valence-corrected chi connectivity index (χ3v) is 7.48. The highest BCUT2D eigenvalue weighted by atomic mass is 16.5. The van der Waals surface area contributed by atoms with E-state index in [-0.39, 0.29) is 10.8 Å². The molecule has 0 aromatic heterocycles. The Balaban J connectivity index is 1.50. The average molecular weight is 339 g/mol. The highest BCUT2D eigenvalue weighted by Gasteiger charge is 2.61. The molecule has 4 aliphatic carbocycles. The van der Waals surface area contributed by atoms with Crippen molar-refractivity contribution in [2.75, 3.05) is 26.3 Å². The molecule has 1 heterocycles. The van der Waals surface area contributed by atoms with E-state index in [4.69, 9.17) is 4.74 Å². The Kier molecular flexibility index (Phi) is 3.54. The minimum atomic E-state index is -0.0910. The summed E-state index contributed by atoms with van der Waals surface area (Å²) in [5.41, 5.74) is 2.98. The zero-order chi connectivity index (χ0) is 17.1. The van der Waals surface area contributed by atoms with Crippen LogP contribution in [0.4, 0.5) is 0 Å². The first-order valence-electron chi connectivity index (χ1n) is 10.0. The first kappa shape index (κ1) is 15.9. The van der Waals surface area contributed by atoms with Crippen molar-refractivity contribution >= 4 is 5.91 Å². The molecule has 4 saturated carbocycles. The number of hydrogen-bond acceptors (Lipinski definition) is 2. The number of ether oxygens (including phenoxy) is 1. The number of carbonyl (C=O) groups is 1. The number of hydrogen-bond donors (Lipinski definition) is 0. The van der Waals surface area contributed by atoms with Crippen molar-refractivity contribution in [2.45, 2.75) is 50.9 Å². The Hall–Kier alpha value is -1.35. The van der Waals surface area contributed by atoms with Gasteiger partial charge in [0.1, 0.15) is 0 Å². The normalized spacial score (nSPS) is 39.6. The van der Waals surface area contributed by atoms with E-state index in [2.05, 4.69) is 36.1 Å². The van der Waals surface area contributed by atoms with Gasteiger partial charge < -0.3 is 9.64 Å². The Morgan fingerprint density at radius 3 is 2.32 bits per heavy atom. The maximum Gasteiger partial charge on any atom is 0.228 e. The largest absolute Gasteiger partial charge is 0.378 e. The van der Waals surface area contributed by atoms with E-state index in [1.165, 1.54) is 30.4 Å². The van der Waals surface area contributed by atoms with Crippen LogP contribution in [-0.2, 0) is 14.9 Å². The summed E-state index contributed by atoms with van der Waals surface area (Å²) in [6, 6.07) is 9.19. The zero-order valence-corrected chi connectivity index (χ0v) is 15.3. The van der Waals surface area contributed by atoms with Crippen molar-refractivity contribution in [3.63, 3.8) is 0 Å². The lowest BCUT2D eigenvalue weighted by atomic mass is 9.42. The molecule has 3 heteroatoms. The van der Waals surface area contributed by atoms with E-state index in [0.717, 1.165) is 44.2 Å². The van der Waals surface area contributed by atoms with Gasteiger partial charge in [0.25, 0.3) is 0 Å². The third kappa shape index (κ3) is 2.46. The lowest BCUT2D eigenvalue weighted by molar-refractivity contribution is -0.164. The second-order valence-corrected chi connectivity index (χ2v) is 9.29. The smallest absolute Gasteiger partial charge is 0.228 e. The lowest BCUT2D eigenvalue weighted by Gasteiger charge is -2.62. The predicted octanol–water partition coefficient (Wildman–Crippen LogP) is 3.69. The first-order chi connectivity index (χ1) is 12.1. The Morgan fingerprint density at radius 1 is 1.04 bits per heavy atom. The predicted molar refractivity (Wildman–Crippen MR) is 97.4 cm³/mol. The van der Waals surface area contributed by atoms with Crippen LogP contribution in [0.5, 0.6) is 0 Å². The number of carbonyl (C=O) groups excluding carboxylic acids is 1. The van der Waals surface area contributed by atoms with E-state index >= 15 is 0 Å². The molecule has 3 nitrogen and oxygen atoms in total. The van der Waals surface area contributed by atoms with Gasteiger partial charge in [0.05, 0.1) is 18.6 Å². The number of benzene rings is 1. The quantitative estimate of drug-likeness (QED) is 0.822. The van der Waals surface area contributed by atoms with Crippen molar-refractivity contribution in [1.82, 2.24) is 4.90 Å². The second kappa shape index (κ2) is 5.57. The van der Waals surface area contributed by atoms with Gasteiger partial charge in [-0.2, -0.15) is 0 Å². The molecule has 0 spiro atoms. The molecule has 6 rings (SSSR count). The molecule has 5 aliphatic rings. The highest BCUT2D eigenvalue weighted by molar-refractivity contribution is 5.83. The average Bonchev–Trinajstić information content (AvgIpc) is 2.61. The summed E-state index contributed by atoms with van der Waals surface area (Å²) in [4.78, 5) is 15.7. The topological polar surface area (TPSA) is 29.5 Å². The summed E-state index contributed by atoms with van der Waals surface area (Å²) < 4.78 is 5.48. The Morgan fingerprint density at radius 2 is 1.68 bits per heavy atom. The number of amides is 1. The minimum Gasteiger partial charge on any atom is -0.378 e. The van der Waals surface area contributed by atoms with Gasteiger partial charge in [-0.05, 0) is 68.3 Å². The molecule has 25 heavy (non-hydrogen) atoms. The van der Waals surface area contributed by atoms with Gasteiger partial charge in [-0.3, -0.25) is 4.79 Å². The van der Waals surface area contributed by atoms with Crippen LogP contribution in [-0.4, -0.2) is 37.1 Å². The first-order valence-corrected chi connectivity index (χ1v) is 10.0. The molecule has 1 aliphatic heterocycles. The molecule has 1 saturated heterocycles. The van der Waals surface area contributed by atoms with Gasteiger partial charge in [-0.15, -0.1) is 0 Å². The summed E-state index contributed by atoms with van der Waals surface area (Å²) in [6.45, 7) is 5.14. The third-order valence-electron chi connectivity index (χ3n) is 7.48. The summed E-state index contributed by atoms with van der Waals surface area (Å²) >= 11 is 0. The standard InChI is InChI=1S/C22H29NO2/c1-16-2-4-19(5-3-16)21-11-17-10-18(12-21)14-22(13-17,15-21)20(24)23-6-8-25-9-7-23/h2-5,17-18H,6-15H2,1H3/t17-,18-,21?,22?/m1/s1. The molecule has 1 aromatic rings. The van der Waals surface area contributed by atoms with Crippen LogP contribution < -0.4 is 0 Å². The molecular weight excluding hydrogens is 310 g/mol. The van der Waals surface area contributed by atoms with Crippen molar-refractivity contribution in [3.8, 4) is 0 Å². The Labute approximate surface area is 150 Å². The monoisotopic (exact) mass is 339 g/mol. The van der Waals surface area contributed by atoms with Crippen LogP contribution in [0.15, 0.2) is 24.3 Å². The summed E-state index contributed by atoms with van der Waals surface area (Å²) in [5, 5.41) is 0. The van der Waals surface area contributed by atoms with Crippen molar-refractivity contribution in [2.24, 2.45) is 17.3 Å². The maximum atomic E-state index is 13.5. The maximum absolute atomic E-state index is 13.5. The summed E-state index contributed by atoms with van der Waals surface area (Å²) in [5.74, 6) is 1.93. The van der Waals surface area contributed by atoms with Crippen LogP contribution in [0.1, 0.15) is 49.7 Å². The molecule has 1 amide bonds. The van der Waals surface area contributed by atoms with Gasteiger partial charge in [0, 0.05) is 13.1 Å². The van der Waals surface area contributed by atoms with Gasteiger partial charge in [0.15, 0.2) is 0 Å². The fourth-order valence-corrected chi connectivity index (χ4v) is 6.86. The molecule has 0 unspecified atom stereocenters. The number of morpholine rings is 1. The summed E-state index contributed by atoms with van der Waals surface area (Å²) in [7, 11) is 0. The van der Waals surface area contributed by atoms with E-state index in [9.17, 15) is 4.79 Å². The number of aryl methyl sites for hydroxylation is 1. The summed E-state index contributed by atoms with van der Waals surface area (Å²) in [6.07, 6.45) is 7.29. The molecule has 0 radical (unpaired) electrons. The van der Waals surface area contributed by atoms with Crippen LogP contribution in [0.25, 0.3) is 0 Å². The van der Waals surface area contributed by atoms with E-state index in [1.807, 2.05) is 0 Å². The molecule has 5 fully saturated rings. The fourth-order valence-electron chi connectivity index (χ4n) is 6.86. The molecular formula is C22H29NO2. The van der Waals surface area contributed by atoms with Gasteiger partial charge in [-0.25, -0.2) is 0 Å². The Bertz CT molecular complexity index is 660. The van der Waals surface area contributed by atoms with Gasteiger partial charge in [-0.1, -0.05) is 29.8 Å². The highest BCUT2D eigenvalue weighted by Crippen LogP contribution is 2.66. The number of rotatable bonds is 2. The van der Waals surface area contributed by atoms with Crippen LogP contribution in [0, 0.1) is 24.2 Å². The van der Waals surface area contributed by atoms with E-state index < -0.39 is 0 Å². The van der Waals surface area contributed by atoms with E-state index in [1.54, 1.807) is 0 Å². The number of nitrogens with zero attached hydrogens (tertiary/aromatic N) is 1. The van der Waals surface area contributed by atoms with Crippen LogP contribution in [0.2, 0.25) is 0 Å². The minimum absolute atomic E-state index is 0.0910. The van der Waals surface area contributed by atoms with Gasteiger partial charge in [0.2, 0.25) is 5.91 Å². The molecule has 1 aromatic carbocycles. The van der Waals surface area contributed by atoms with E-state index in [0.29, 0.717) is 19.1 Å².